The predicted octanol–water partition coefficient (Wildman–Crippen LogP) is 3.37. The van der Waals surface area contributed by atoms with Crippen LogP contribution in [0.4, 0.5) is 14.7 Å². The molecule has 4 rings (SSSR count). The fourth-order valence-corrected chi connectivity index (χ4v) is 4.59. The van der Waals surface area contributed by atoms with E-state index in [-0.39, 0.29) is 24.3 Å². The Bertz CT molecular complexity index is 924. The Kier molecular flexibility index (Phi) is 6.76. The number of nitrogens with one attached hydrogen (secondary N) is 1. The van der Waals surface area contributed by atoms with Crippen LogP contribution in [0.2, 0.25) is 0 Å². The van der Waals surface area contributed by atoms with E-state index in [1.54, 1.807) is 24.1 Å². The lowest BCUT2D eigenvalue weighted by Gasteiger charge is -2.41. The number of hydrogen-bond donors (Lipinski definition) is 1. The zero-order chi connectivity index (χ0) is 22.7. The van der Waals surface area contributed by atoms with Gasteiger partial charge in [0.1, 0.15) is 23.9 Å². The van der Waals surface area contributed by atoms with Crippen LogP contribution in [0.15, 0.2) is 30.6 Å². The third-order valence-electron chi connectivity index (χ3n) is 6.29. The highest BCUT2D eigenvalue weighted by molar-refractivity contribution is 5.81. The minimum atomic E-state index is -2.53. The molecule has 0 spiro atoms. The summed E-state index contributed by atoms with van der Waals surface area (Å²) in [6.07, 6.45) is 0.598. The number of fused-ring (bicyclic) bond motifs is 1. The van der Waals surface area contributed by atoms with E-state index in [0.717, 1.165) is 12.8 Å². The third kappa shape index (κ3) is 4.63. The van der Waals surface area contributed by atoms with Gasteiger partial charge >= 0.3 is 0 Å². The molecule has 1 aromatic heterocycles. The zero-order valence-electron chi connectivity index (χ0n) is 18.3. The van der Waals surface area contributed by atoms with Gasteiger partial charge in [-0.2, -0.15) is 10.1 Å². The molecule has 0 aliphatic carbocycles. The molecule has 3 heterocycles. The zero-order valence-corrected chi connectivity index (χ0v) is 18.3. The molecule has 0 saturated carbocycles. The molecule has 4 atom stereocenters. The molecule has 32 heavy (non-hydrogen) atoms. The first-order chi connectivity index (χ1) is 15.5. The Labute approximate surface area is 185 Å². The number of carbonyl (C=O) groups excluding carboxylic acids is 1. The van der Waals surface area contributed by atoms with Gasteiger partial charge in [-0.25, -0.2) is 13.5 Å². The molecule has 174 valence electrons. The van der Waals surface area contributed by atoms with Crippen LogP contribution in [0, 0.1) is 5.92 Å². The maximum Gasteiger partial charge on any atom is 0.263 e. The first-order valence-electron chi connectivity index (χ1n) is 11.0. The van der Waals surface area contributed by atoms with Crippen molar-refractivity contribution >= 4 is 11.9 Å². The van der Waals surface area contributed by atoms with Gasteiger partial charge in [0.15, 0.2) is 6.10 Å². The number of carbonyl (C=O) groups is 1. The van der Waals surface area contributed by atoms with Crippen molar-refractivity contribution in [1.82, 2.24) is 19.7 Å². The van der Waals surface area contributed by atoms with Gasteiger partial charge in [-0.05, 0) is 43.7 Å². The lowest BCUT2D eigenvalue weighted by atomic mass is 9.86. The highest BCUT2D eigenvalue weighted by atomic mass is 19.3. The standard InChI is InChI=1S/C22H29F2N5O3/c1-3-19(32-16-8-4-7-15(10-16)31-2)21(30)28-9-5-6-14(12-28)17-11-18(20(23)24)29-22(27-17)25-13-26-29/h4,7-8,10,13-14,17-20H,3,5-6,9,11-12H2,1-2H3,(H,25,26,27)/t14?,17-,18+,19?/m0/s1. The number of hydrogen-bond acceptors (Lipinski definition) is 6. The fourth-order valence-electron chi connectivity index (χ4n) is 4.59. The number of ether oxygens (including phenoxy) is 2. The van der Waals surface area contributed by atoms with Crippen LogP contribution < -0.4 is 14.8 Å². The van der Waals surface area contributed by atoms with Gasteiger partial charge in [0.25, 0.3) is 12.3 Å². The largest absolute Gasteiger partial charge is 0.497 e. The molecule has 1 amide bonds. The van der Waals surface area contributed by atoms with Gasteiger partial charge in [-0.15, -0.1) is 0 Å². The van der Waals surface area contributed by atoms with Crippen molar-refractivity contribution in [1.29, 1.82) is 0 Å². The number of rotatable bonds is 7. The van der Waals surface area contributed by atoms with Gasteiger partial charge in [0, 0.05) is 25.2 Å². The lowest BCUT2D eigenvalue weighted by molar-refractivity contribution is -0.141. The molecule has 2 unspecified atom stereocenters. The third-order valence-corrected chi connectivity index (χ3v) is 6.29. The number of anilines is 1. The van der Waals surface area contributed by atoms with E-state index in [4.69, 9.17) is 9.47 Å². The number of halogens is 2. The van der Waals surface area contributed by atoms with Crippen molar-refractivity contribution in [2.45, 2.75) is 57.2 Å². The van der Waals surface area contributed by atoms with Crippen LogP contribution in [0.1, 0.15) is 38.6 Å². The molecular weight excluding hydrogens is 420 g/mol. The number of piperidine rings is 1. The average molecular weight is 450 g/mol. The molecule has 1 aromatic carbocycles. The van der Waals surface area contributed by atoms with Crippen LogP contribution >= 0.6 is 0 Å². The van der Waals surface area contributed by atoms with E-state index in [0.29, 0.717) is 37.0 Å². The summed E-state index contributed by atoms with van der Waals surface area (Å²) in [6, 6.07) is 5.97. The topological polar surface area (TPSA) is 81.5 Å². The summed E-state index contributed by atoms with van der Waals surface area (Å²) in [6.45, 7) is 3.04. The summed E-state index contributed by atoms with van der Waals surface area (Å²) in [5, 5.41) is 7.20. The van der Waals surface area contributed by atoms with Crippen LogP contribution in [-0.2, 0) is 4.79 Å². The smallest absolute Gasteiger partial charge is 0.263 e. The summed E-state index contributed by atoms with van der Waals surface area (Å²) in [7, 11) is 1.58. The minimum Gasteiger partial charge on any atom is -0.497 e. The van der Waals surface area contributed by atoms with E-state index in [9.17, 15) is 13.6 Å². The molecular formula is C22H29F2N5O3. The quantitative estimate of drug-likeness (QED) is 0.698. The van der Waals surface area contributed by atoms with Crippen LogP contribution in [0.5, 0.6) is 11.5 Å². The SMILES string of the molecule is CCC(Oc1cccc(OC)c1)C(=O)N1CCCC([C@@H]2C[C@H](C(F)F)n3ncnc3N2)C1. The molecule has 2 aliphatic rings. The number of amides is 1. The maximum atomic E-state index is 13.6. The van der Waals surface area contributed by atoms with Crippen molar-refractivity contribution in [2.24, 2.45) is 5.92 Å². The summed E-state index contributed by atoms with van der Waals surface area (Å²) in [4.78, 5) is 19.1. The van der Waals surface area contributed by atoms with Crippen LogP contribution in [-0.4, -0.2) is 64.3 Å². The summed E-state index contributed by atoms with van der Waals surface area (Å²) < 4.78 is 39.7. The van der Waals surface area contributed by atoms with Gasteiger partial charge in [-0.1, -0.05) is 13.0 Å². The molecule has 10 heteroatoms. The normalized spacial score (nSPS) is 23.9. The summed E-state index contributed by atoms with van der Waals surface area (Å²) in [5.41, 5.74) is 0. The monoisotopic (exact) mass is 449 g/mol. The molecule has 1 N–H and O–H groups in total. The Hall–Kier alpha value is -2.91. The maximum absolute atomic E-state index is 13.6. The second kappa shape index (κ2) is 9.70. The van der Waals surface area contributed by atoms with Crippen molar-refractivity contribution in [2.75, 3.05) is 25.5 Å². The molecule has 2 aliphatic heterocycles. The predicted molar refractivity (Wildman–Crippen MR) is 114 cm³/mol. The number of alkyl halides is 2. The van der Waals surface area contributed by atoms with Crippen molar-refractivity contribution < 1.29 is 23.0 Å². The minimum absolute atomic E-state index is 0.0497. The van der Waals surface area contributed by atoms with E-state index in [1.807, 2.05) is 19.1 Å². The van der Waals surface area contributed by atoms with Gasteiger partial charge < -0.3 is 19.7 Å². The number of nitrogens with zero attached hydrogens (tertiary/aromatic N) is 4. The average Bonchev–Trinajstić information content (AvgIpc) is 3.30. The number of benzene rings is 1. The summed E-state index contributed by atoms with van der Waals surface area (Å²) in [5.74, 6) is 1.57. The second-order valence-electron chi connectivity index (χ2n) is 8.30. The number of methoxy groups -OCH3 is 1. The van der Waals surface area contributed by atoms with E-state index in [2.05, 4.69) is 15.4 Å². The highest BCUT2D eigenvalue weighted by Gasteiger charge is 2.39. The Balaban J connectivity index is 1.43. The Morgan fingerprint density at radius 3 is 2.91 bits per heavy atom. The van der Waals surface area contributed by atoms with Gasteiger partial charge in [0.2, 0.25) is 5.95 Å². The van der Waals surface area contributed by atoms with Gasteiger partial charge in [-0.3, -0.25) is 4.79 Å². The van der Waals surface area contributed by atoms with Crippen molar-refractivity contribution in [3.8, 4) is 11.5 Å². The van der Waals surface area contributed by atoms with Crippen LogP contribution in [0.25, 0.3) is 0 Å². The van der Waals surface area contributed by atoms with Crippen LogP contribution in [0.3, 0.4) is 0 Å². The molecule has 0 bridgehead atoms. The first kappa shape index (κ1) is 22.3. The first-order valence-corrected chi connectivity index (χ1v) is 11.0. The number of aromatic nitrogens is 3. The van der Waals surface area contributed by atoms with Gasteiger partial charge in [0.05, 0.1) is 7.11 Å². The summed E-state index contributed by atoms with van der Waals surface area (Å²) >= 11 is 0. The Morgan fingerprint density at radius 2 is 2.16 bits per heavy atom. The molecule has 1 saturated heterocycles. The van der Waals surface area contributed by atoms with E-state index in [1.165, 1.54) is 11.0 Å². The highest BCUT2D eigenvalue weighted by Crippen LogP contribution is 2.35. The second-order valence-corrected chi connectivity index (χ2v) is 8.30. The van der Waals surface area contributed by atoms with Crippen molar-refractivity contribution in [3.05, 3.63) is 30.6 Å². The van der Waals surface area contributed by atoms with E-state index < -0.39 is 18.6 Å². The molecule has 8 nitrogen and oxygen atoms in total. The molecule has 1 fully saturated rings. The van der Waals surface area contributed by atoms with E-state index >= 15 is 0 Å². The lowest BCUT2D eigenvalue weighted by Crippen LogP contribution is -2.51. The van der Waals surface area contributed by atoms with Crippen molar-refractivity contribution in [3.63, 3.8) is 0 Å². The molecule has 2 aromatic rings. The Morgan fingerprint density at radius 1 is 1.34 bits per heavy atom. The number of likely N-dealkylation sites (tertiary alicyclic amines) is 1. The fraction of sp³-hybridized carbons (Fsp3) is 0.591. The molecule has 0 radical (unpaired) electrons.